The van der Waals surface area contributed by atoms with Gasteiger partial charge in [0.1, 0.15) is 18.5 Å². The Morgan fingerprint density at radius 2 is 1.88 bits per heavy atom. The molecule has 17 heteroatoms. The number of alkyl halides is 1. The van der Waals surface area contributed by atoms with Crippen molar-refractivity contribution in [1.29, 1.82) is 0 Å². The van der Waals surface area contributed by atoms with E-state index >= 15 is 0 Å². The number of benzene rings is 2. The molecule has 1 fully saturated rings. The van der Waals surface area contributed by atoms with E-state index in [4.69, 9.17) is 16.3 Å². The third-order valence-corrected chi connectivity index (χ3v) is 6.95. The third-order valence-electron chi connectivity index (χ3n) is 6.55. The van der Waals surface area contributed by atoms with Gasteiger partial charge in [-0.15, -0.1) is 0 Å². The first-order chi connectivity index (χ1) is 19.4. The molecule has 0 radical (unpaired) electrons. The second kappa shape index (κ2) is 11.9. The van der Waals surface area contributed by atoms with Crippen molar-refractivity contribution < 1.29 is 53.4 Å². The Hall–Kier alpha value is -4.57. The number of para-hydroxylation sites is 1. The minimum absolute atomic E-state index is 0.0792. The lowest BCUT2D eigenvalue weighted by atomic mass is 9.72. The Labute approximate surface area is 236 Å². The predicted molar refractivity (Wildman–Crippen MR) is 138 cm³/mol. The van der Waals surface area contributed by atoms with Crippen molar-refractivity contribution in [2.24, 2.45) is 0 Å². The molecule has 14 nitrogen and oxygen atoms in total. The number of nitrogens with zero attached hydrogens (tertiary/aromatic N) is 2. The number of aromatic carboxylic acids is 1. The number of fused-ring (bicyclic) bond motifs is 1. The Morgan fingerprint density at radius 1 is 1.15 bits per heavy atom. The van der Waals surface area contributed by atoms with Crippen LogP contribution in [0.1, 0.15) is 27.5 Å². The number of carbonyl (C=O) groups is 5. The summed E-state index contributed by atoms with van der Waals surface area (Å²) in [4.78, 5) is 64.3. The number of phenols is 2. The molecular weight excluding hydrogens is 570 g/mol. The second-order valence-corrected chi connectivity index (χ2v) is 9.46. The van der Waals surface area contributed by atoms with E-state index in [1.54, 1.807) is 0 Å². The lowest BCUT2D eigenvalue weighted by Crippen LogP contribution is -2.60. The maximum atomic E-state index is 13.5. The number of hydrogen-bond acceptors (Lipinski definition) is 9. The van der Waals surface area contributed by atoms with Crippen LogP contribution in [0.5, 0.6) is 17.2 Å². The van der Waals surface area contributed by atoms with Crippen molar-refractivity contribution in [3.05, 3.63) is 52.0 Å². The van der Waals surface area contributed by atoms with E-state index in [9.17, 15) is 48.7 Å². The standard InChI is InChI=1S/C24H23BClFN4O10/c26-16-12(4-5-14(32)18(16)33)17(29-24(39)31-9-8-30(7-6-27)21(35)22(31)36)20(34)28-15-10-11-2-1-3-13(23(37)38)19(11)41-25(15)40/h1-5,15,17,32-33,40H,6-10H2,(H,28,34)(H,29,39)(H,37,38)/t15-,17?/m0/s1. The third kappa shape index (κ3) is 5.83. The van der Waals surface area contributed by atoms with Crippen molar-refractivity contribution in [3.8, 4) is 17.2 Å². The van der Waals surface area contributed by atoms with Gasteiger partial charge in [0.15, 0.2) is 11.5 Å². The smallest absolute Gasteiger partial charge is 0.534 e. The quantitative estimate of drug-likeness (QED) is 0.144. The molecule has 0 aromatic heterocycles. The largest absolute Gasteiger partial charge is 0.547 e. The zero-order valence-corrected chi connectivity index (χ0v) is 21.8. The molecule has 0 spiro atoms. The molecule has 0 saturated carbocycles. The molecule has 2 aromatic carbocycles. The number of carboxylic acid groups (broad SMARTS) is 1. The highest BCUT2D eigenvalue weighted by Gasteiger charge is 2.41. The minimum atomic E-state index is -1.74. The molecule has 0 bridgehead atoms. The van der Waals surface area contributed by atoms with Crippen LogP contribution in [0, 0.1) is 0 Å². The van der Waals surface area contributed by atoms with Gasteiger partial charge in [-0.1, -0.05) is 29.8 Å². The van der Waals surface area contributed by atoms with Crippen molar-refractivity contribution >= 4 is 48.4 Å². The monoisotopic (exact) mass is 592 g/mol. The fourth-order valence-corrected chi connectivity index (χ4v) is 4.71. The highest BCUT2D eigenvalue weighted by atomic mass is 35.5. The van der Waals surface area contributed by atoms with Crippen LogP contribution >= 0.6 is 11.6 Å². The Kier molecular flexibility index (Phi) is 8.53. The summed E-state index contributed by atoms with van der Waals surface area (Å²) < 4.78 is 18.1. The van der Waals surface area contributed by atoms with Gasteiger partial charge in [0.25, 0.3) is 0 Å². The number of piperazine rings is 1. The molecule has 216 valence electrons. The number of urea groups is 1. The second-order valence-electron chi connectivity index (χ2n) is 9.08. The molecule has 1 unspecified atom stereocenters. The van der Waals surface area contributed by atoms with Gasteiger partial charge in [-0.2, -0.15) is 0 Å². The number of rotatable bonds is 7. The van der Waals surface area contributed by atoms with Crippen LogP contribution in [0.2, 0.25) is 5.02 Å². The zero-order chi connectivity index (χ0) is 30.0. The van der Waals surface area contributed by atoms with Crippen LogP contribution in [0.3, 0.4) is 0 Å². The van der Waals surface area contributed by atoms with Crippen LogP contribution in [-0.2, 0) is 20.8 Å². The first kappa shape index (κ1) is 29.4. The molecule has 2 aromatic rings. The van der Waals surface area contributed by atoms with E-state index in [0.717, 1.165) is 17.0 Å². The number of carbonyl (C=O) groups excluding carboxylic acids is 4. The van der Waals surface area contributed by atoms with E-state index in [1.807, 2.05) is 0 Å². The molecule has 41 heavy (non-hydrogen) atoms. The van der Waals surface area contributed by atoms with Gasteiger partial charge < -0.3 is 40.5 Å². The van der Waals surface area contributed by atoms with E-state index in [-0.39, 0.29) is 42.9 Å². The molecule has 5 amide bonds. The summed E-state index contributed by atoms with van der Waals surface area (Å²) >= 11 is 6.15. The zero-order valence-electron chi connectivity index (χ0n) is 21.0. The molecule has 2 aliphatic rings. The van der Waals surface area contributed by atoms with Gasteiger partial charge >= 0.3 is 30.9 Å². The lowest BCUT2D eigenvalue weighted by Gasteiger charge is -2.33. The summed E-state index contributed by atoms with van der Waals surface area (Å²) in [6.07, 6.45) is -0.0812. The highest BCUT2D eigenvalue weighted by Crippen LogP contribution is 2.38. The summed E-state index contributed by atoms with van der Waals surface area (Å²) in [5.74, 6) is -7.35. The Morgan fingerprint density at radius 3 is 2.56 bits per heavy atom. The van der Waals surface area contributed by atoms with Gasteiger partial charge in [-0.25, -0.2) is 14.0 Å². The normalized spacial score (nSPS) is 17.4. The van der Waals surface area contributed by atoms with E-state index in [0.29, 0.717) is 10.5 Å². The van der Waals surface area contributed by atoms with E-state index in [2.05, 4.69) is 10.6 Å². The molecule has 0 aliphatic carbocycles. The fraction of sp³-hybridized carbons (Fsp3) is 0.292. The van der Waals surface area contributed by atoms with Crippen LogP contribution < -0.4 is 15.3 Å². The number of halogens is 2. The number of phenolic OH excluding ortho intramolecular Hbond substituents is 2. The van der Waals surface area contributed by atoms with Gasteiger partial charge in [0.2, 0.25) is 5.91 Å². The van der Waals surface area contributed by atoms with Crippen LogP contribution in [0.4, 0.5) is 9.18 Å². The molecule has 2 heterocycles. The number of imide groups is 1. The maximum absolute atomic E-state index is 13.5. The van der Waals surface area contributed by atoms with Crippen LogP contribution in [0.25, 0.3) is 0 Å². The van der Waals surface area contributed by atoms with Gasteiger partial charge in [0.05, 0.1) is 16.5 Å². The fourth-order valence-electron chi connectivity index (χ4n) is 4.44. The molecule has 1 saturated heterocycles. The maximum Gasteiger partial charge on any atom is 0.547 e. The summed E-state index contributed by atoms with van der Waals surface area (Å²) in [6, 6.07) is 3.45. The van der Waals surface area contributed by atoms with Crippen molar-refractivity contribution in [1.82, 2.24) is 20.4 Å². The van der Waals surface area contributed by atoms with Crippen molar-refractivity contribution in [2.75, 3.05) is 26.3 Å². The number of carboxylic acids is 1. The first-order valence-corrected chi connectivity index (χ1v) is 12.5. The van der Waals surface area contributed by atoms with Gasteiger partial charge in [-0.05, 0) is 24.1 Å². The van der Waals surface area contributed by atoms with E-state index in [1.165, 1.54) is 18.2 Å². The van der Waals surface area contributed by atoms with Gasteiger partial charge in [0, 0.05) is 25.2 Å². The molecule has 6 N–H and O–H groups in total. The molecular formula is C24H23BClFN4O10. The number of amides is 5. The highest BCUT2D eigenvalue weighted by molar-refractivity contribution is 6.47. The van der Waals surface area contributed by atoms with Crippen LogP contribution in [0.15, 0.2) is 30.3 Å². The topological polar surface area (TPSA) is 206 Å². The summed E-state index contributed by atoms with van der Waals surface area (Å²) in [5.41, 5.74) is -0.0623. The van der Waals surface area contributed by atoms with Gasteiger partial charge in [-0.3, -0.25) is 19.3 Å². The molecule has 4 rings (SSSR count). The Balaban J connectivity index is 1.60. The minimum Gasteiger partial charge on any atom is -0.534 e. The van der Waals surface area contributed by atoms with Crippen molar-refractivity contribution in [2.45, 2.75) is 18.4 Å². The van der Waals surface area contributed by atoms with Crippen LogP contribution in [-0.4, -0.2) is 99.2 Å². The number of hydrogen-bond donors (Lipinski definition) is 6. The average molecular weight is 593 g/mol. The molecule has 2 aliphatic heterocycles. The first-order valence-electron chi connectivity index (χ1n) is 12.1. The van der Waals surface area contributed by atoms with Crippen molar-refractivity contribution in [3.63, 3.8) is 0 Å². The number of nitrogens with one attached hydrogen (secondary N) is 2. The van der Waals surface area contributed by atoms with E-state index < -0.39 is 72.0 Å². The average Bonchev–Trinajstić information content (AvgIpc) is 2.93. The Bertz CT molecular complexity index is 1430. The predicted octanol–water partition coefficient (Wildman–Crippen LogP) is -0.0200. The SMILES string of the molecule is O=C(O)c1cccc2c1OB(O)[C@@H](NC(=O)C(NC(=O)N1CCN(CCF)C(=O)C1=O)c1ccc(O)c(O)c1Cl)C2. The summed E-state index contributed by atoms with van der Waals surface area (Å²) in [5, 5.41) is 44.0. The molecule has 2 atom stereocenters. The summed E-state index contributed by atoms with van der Waals surface area (Å²) in [6.45, 7) is -1.69. The lowest BCUT2D eigenvalue weighted by molar-refractivity contribution is -0.153. The number of aromatic hydroxyl groups is 2. The summed E-state index contributed by atoms with van der Waals surface area (Å²) in [7, 11) is -1.71.